The first-order valence-corrected chi connectivity index (χ1v) is 8.38. The van der Waals surface area contributed by atoms with Crippen LogP contribution in [0.5, 0.6) is 0 Å². The predicted molar refractivity (Wildman–Crippen MR) is 90.0 cm³/mol. The first kappa shape index (κ1) is 18.2. The summed E-state index contributed by atoms with van der Waals surface area (Å²) in [6, 6.07) is 2.62. The minimum absolute atomic E-state index is 0.0611. The van der Waals surface area contributed by atoms with Crippen molar-refractivity contribution < 1.29 is 14.0 Å². The monoisotopic (exact) mass is 336 g/mol. The van der Waals surface area contributed by atoms with Crippen LogP contribution in [-0.4, -0.2) is 41.5 Å². The van der Waals surface area contributed by atoms with Gasteiger partial charge in [0.25, 0.3) is 0 Å². The molecule has 3 amide bonds. The second kappa shape index (κ2) is 8.61. The van der Waals surface area contributed by atoms with E-state index in [0.29, 0.717) is 31.2 Å². The maximum atomic E-state index is 12.8. The zero-order valence-electron chi connectivity index (χ0n) is 14.2. The average molecular weight is 336 g/mol. The number of amides is 3. The van der Waals surface area contributed by atoms with E-state index < -0.39 is 5.82 Å². The van der Waals surface area contributed by atoms with Crippen LogP contribution in [0.15, 0.2) is 18.3 Å². The van der Waals surface area contributed by atoms with Crippen LogP contribution in [-0.2, 0) is 4.79 Å². The number of carbonyl (C=O) groups excluding carboxylic acids is 2. The molecule has 1 aromatic rings. The van der Waals surface area contributed by atoms with Crippen molar-refractivity contribution in [2.45, 2.75) is 33.1 Å². The topological polar surface area (TPSA) is 74.3 Å². The van der Waals surface area contributed by atoms with Crippen LogP contribution in [0.25, 0.3) is 0 Å². The molecule has 2 heterocycles. The van der Waals surface area contributed by atoms with E-state index in [4.69, 9.17) is 0 Å². The van der Waals surface area contributed by atoms with Gasteiger partial charge in [-0.1, -0.05) is 13.8 Å². The summed E-state index contributed by atoms with van der Waals surface area (Å²) in [6.07, 6.45) is 3.20. The van der Waals surface area contributed by atoms with Crippen molar-refractivity contribution in [3.63, 3.8) is 0 Å². The number of anilines is 1. The number of nitrogens with zero attached hydrogens (tertiary/aromatic N) is 2. The van der Waals surface area contributed by atoms with Gasteiger partial charge in [0.15, 0.2) is 0 Å². The number of carbonyl (C=O) groups is 2. The summed E-state index contributed by atoms with van der Waals surface area (Å²) < 4.78 is 12.8. The van der Waals surface area contributed by atoms with Crippen molar-refractivity contribution in [1.29, 1.82) is 0 Å². The smallest absolute Gasteiger partial charge is 0.317 e. The number of urea groups is 1. The van der Waals surface area contributed by atoms with Crippen molar-refractivity contribution in [1.82, 2.24) is 15.2 Å². The summed E-state index contributed by atoms with van der Waals surface area (Å²) in [5, 5.41) is 5.58. The van der Waals surface area contributed by atoms with Crippen molar-refractivity contribution in [3.05, 3.63) is 24.1 Å². The van der Waals surface area contributed by atoms with Gasteiger partial charge in [-0.05, 0) is 36.8 Å². The van der Waals surface area contributed by atoms with Crippen LogP contribution < -0.4 is 10.6 Å². The molecule has 6 nitrogen and oxygen atoms in total. The first-order chi connectivity index (χ1) is 11.4. The molecule has 24 heavy (non-hydrogen) atoms. The molecule has 1 atom stereocenters. The maximum Gasteiger partial charge on any atom is 0.317 e. The molecule has 1 fully saturated rings. The molecule has 1 aromatic heterocycles. The van der Waals surface area contributed by atoms with Gasteiger partial charge in [-0.3, -0.25) is 4.79 Å². The highest BCUT2D eigenvalue weighted by atomic mass is 19.1. The van der Waals surface area contributed by atoms with E-state index >= 15 is 0 Å². The number of rotatable bonds is 5. The third-order valence-electron chi connectivity index (χ3n) is 3.94. The molecule has 1 unspecified atom stereocenters. The van der Waals surface area contributed by atoms with Crippen molar-refractivity contribution in [3.8, 4) is 0 Å². The Kier molecular flexibility index (Phi) is 6.52. The molecule has 0 saturated carbocycles. The number of piperidine rings is 1. The Bertz CT molecular complexity index is 562. The number of nitrogens with one attached hydrogen (secondary N) is 2. The number of halogens is 1. The van der Waals surface area contributed by atoms with E-state index in [1.54, 1.807) is 4.90 Å². The lowest BCUT2D eigenvalue weighted by Gasteiger charge is -2.32. The number of hydrogen-bond acceptors (Lipinski definition) is 3. The number of hydrogen-bond donors (Lipinski definition) is 2. The third-order valence-corrected chi connectivity index (χ3v) is 3.94. The van der Waals surface area contributed by atoms with Gasteiger partial charge in [-0.15, -0.1) is 0 Å². The summed E-state index contributed by atoms with van der Waals surface area (Å²) >= 11 is 0. The Labute approximate surface area is 141 Å². The fraction of sp³-hybridized carbons (Fsp3) is 0.588. The molecule has 7 heteroatoms. The molecule has 2 N–H and O–H groups in total. The van der Waals surface area contributed by atoms with E-state index in [2.05, 4.69) is 15.6 Å². The van der Waals surface area contributed by atoms with E-state index in [0.717, 1.165) is 25.6 Å². The van der Waals surface area contributed by atoms with Gasteiger partial charge < -0.3 is 15.5 Å². The summed E-state index contributed by atoms with van der Waals surface area (Å²) in [7, 11) is 0. The van der Waals surface area contributed by atoms with Gasteiger partial charge in [0.2, 0.25) is 5.91 Å². The molecule has 1 aliphatic rings. The first-order valence-electron chi connectivity index (χ1n) is 8.38. The number of aromatic nitrogens is 1. The highest BCUT2D eigenvalue weighted by molar-refractivity contribution is 5.89. The van der Waals surface area contributed by atoms with Gasteiger partial charge >= 0.3 is 6.03 Å². The lowest BCUT2D eigenvalue weighted by Crippen LogP contribution is -2.46. The van der Waals surface area contributed by atoms with Crippen LogP contribution in [0.3, 0.4) is 0 Å². The predicted octanol–water partition coefficient (Wildman–Crippen LogP) is 2.63. The highest BCUT2D eigenvalue weighted by Crippen LogP contribution is 2.20. The van der Waals surface area contributed by atoms with Crippen molar-refractivity contribution in [2.75, 3.05) is 25.0 Å². The maximum absolute atomic E-state index is 12.8. The summed E-state index contributed by atoms with van der Waals surface area (Å²) in [5.74, 6) is 0.267. The summed E-state index contributed by atoms with van der Waals surface area (Å²) in [5.41, 5.74) is 0. The molecule has 0 bridgehead atoms. The van der Waals surface area contributed by atoms with E-state index in [-0.39, 0.29) is 17.9 Å². The largest absolute Gasteiger partial charge is 0.338 e. The van der Waals surface area contributed by atoms with E-state index in [1.807, 2.05) is 13.8 Å². The normalized spacial score (nSPS) is 17.7. The van der Waals surface area contributed by atoms with Crippen LogP contribution >= 0.6 is 0 Å². The van der Waals surface area contributed by atoms with E-state index in [9.17, 15) is 14.0 Å². The third kappa shape index (κ3) is 5.79. The lowest BCUT2D eigenvalue weighted by atomic mass is 9.94. The molecule has 0 aromatic carbocycles. The molecule has 0 spiro atoms. The van der Waals surface area contributed by atoms with Crippen molar-refractivity contribution in [2.24, 2.45) is 11.8 Å². The van der Waals surface area contributed by atoms with Crippen molar-refractivity contribution >= 4 is 17.8 Å². The van der Waals surface area contributed by atoms with Gasteiger partial charge in [0, 0.05) is 26.1 Å². The Balaban J connectivity index is 1.80. The van der Waals surface area contributed by atoms with Gasteiger partial charge in [-0.2, -0.15) is 0 Å². The minimum Gasteiger partial charge on any atom is -0.338 e. The van der Waals surface area contributed by atoms with Crippen LogP contribution in [0.1, 0.15) is 33.1 Å². The molecule has 132 valence electrons. The highest BCUT2D eigenvalue weighted by Gasteiger charge is 2.25. The average Bonchev–Trinajstić information content (AvgIpc) is 2.55. The quantitative estimate of drug-likeness (QED) is 0.868. The summed E-state index contributed by atoms with van der Waals surface area (Å²) in [4.78, 5) is 29.8. The zero-order chi connectivity index (χ0) is 17.5. The minimum atomic E-state index is -0.441. The number of pyridine rings is 1. The van der Waals surface area contributed by atoms with E-state index in [1.165, 1.54) is 12.1 Å². The molecule has 0 radical (unpaired) electrons. The SMILES string of the molecule is CC(C)CNC(=O)N1CCCC(CC(=O)Nc2ccc(F)cn2)C1. The molecular weight excluding hydrogens is 311 g/mol. The Morgan fingerprint density at radius 2 is 2.21 bits per heavy atom. The molecule has 2 rings (SSSR count). The molecule has 0 aliphatic carbocycles. The van der Waals surface area contributed by atoms with Crippen LogP contribution in [0, 0.1) is 17.7 Å². The summed E-state index contributed by atoms with van der Waals surface area (Å²) in [6.45, 7) is 6.05. The van der Waals surface area contributed by atoms with Crippen LogP contribution in [0.4, 0.5) is 15.0 Å². The lowest BCUT2D eigenvalue weighted by molar-refractivity contribution is -0.117. The fourth-order valence-corrected chi connectivity index (χ4v) is 2.73. The van der Waals surface area contributed by atoms with Crippen LogP contribution in [0.2, 0.25) is 0 Å². The second-order valence-corrected chi connectivity index (χ2v) is 6.65. The molecule has 1 saturated heterocycles. The standard InChI is InChI=1S/C17H25FN4O2/c1-12(2)9-20-17(24)22-7-3-4-13(11-22)8-16(23)21-15-6-5-14(18)10-19-15/h5-6,10,12-13H,3-4,7-9,11H2,1-2H3,(H,20,24)(H,19,21,23). The Morgan fingerprint density at radius 3 is 2.88 bits per heavy atom. The second-order valence-electron chi connectivity index (χ2n) is 6.65. The fourth-order valence-electron chi connectivity index (χ4n) is 2.73. The van der Waals surface area contributed by atoms with Gasteiger partial charge in [-0.25, -0.2) is 14.2 Å². The van der Waals surface area contributed by atoms with Gasteiger partial charge in [0.1, 0.15) is 11.6 Å². The zero-order valence-corrected chi connectivity index (χ0v) is 14.2. The molecular formula is C17H25FN4O2. The Morgan fingerprint density at radius 1 is 1.42 bits per heavy atom. The van der Waals surface area contributed by atoms with Gasteiger partial charge in [0.05, 0.1) is 6.20 Å². The Hall–Kier alpha value is -2.18. The number of likely N-dealkylation sites (tertiary alicyclic amines) is 1. The molecule has 1 aliphatic heterocycles.